The maximum Gasteiger partial charge on any atom is 0.231 e. The summed E-state index contributed by atoms with van der Waals surface area (Å²) >= 11 is 0. The van der Waals surface area contributed by atoms with Crippen LogP contribution in [0.15, 0.2) is 18.2 Å². The van der Waals surface area contributed by atoms with Crippen molar-refractivity contribution in [3.8, 4) is 17.2 Å². The van der Waals surface area contributed by atoms with E-state index in [0.717, 1.165) is 0 Å². The first-order valence-electron chi connectivity index (χ1n) is 6.47. The van der Waals surface area contributed by atoms with Crippen LogP contribution >= 0.6 is 0 Å². The molecule has 1 aromatic rings. The van der Waals surface area contributed by atoms with Crippen molar-refractivity contribution < 1.29 is 39.4 Å². The summed E-state index contributed by atoms with van der Waals surface area (Å²) in [4.78, 5) is 0. The summed E-state index contributed by atoms with van der Waals surface area (Å²) in [6, 6.07) is 4.96. The van der Waals surface area contributed by atoms with E-state index in [4.69, 9.17) is 24.1 Å². The van der Waals surface area contributed by atoms with E-state index in [1.807, 2.05) is 0 Å². The van der Waals surface area contributed by atoms with E-state index in [-0.39, 0.29) is 12.5 Å². The van der Waals surface area contributed by atoms with E-state index in [2.05, 4.69) is 0 Å². The van der Waals surface area contributed by atoms with Crippen molar-refractivity contribution in [3.63, 3.8) is 0 Å². The number of hydrogen-bond donors (Lipinski definition) is 4. The van der Waals surface area contributed by atoms with Crippen LogP contribution < -0.4 is 14.2 Å². The minimum Gasteiger partial charge on any atom is -0.458 e. The van der Waals surface area contributed by atoms with Crippen LogP contribution in [-0.4, -0.2) is 64.5 Å². The summed E-state index contributed by atoms with van der Waals surface area (Å²) in [7, 11) is 0. The van der Waals surface area contributed by atoms with Gasteiger partial charge in [-0.2, -0.15) is 0 Å². The lowest BCUT2D eigenvalue weighted by Crippen LogP contribution is -2.60. The van der Waals surface area contributed by atoms with E-state index < -0.39 is 37.3 Å². The van der Waals surface area contributed by atoms with Gasteiger partial charge in [0.1, 0.15) is 24.4 Å². The highest BCUT2D eigenvalue weighted by Gasteiger charge is 2.45. The maximum atomic E-state index is 9.92. The summed E-state index contributed by atoms with van der Waals surface area (Å²) in [6.07, 6.45) is -6.67. The number of aliphatic hydroxyl groups excluding tert-OH is 4. The van der Waals surface area contributed by atoms with Gasteiger partial charge in [0, 0.05) is 0 Å². The monoisotopic (exact) mass is 300 g/mol. The average molecular weight is 300 g/mol. The number of fused-ring (bicyclic) bond motifs is 1. The molecule has 8 nitrogen and oxygen atoms in total. The van der Waals surface area contributed by atoms with Gasteiger partial charge >= 0.3 is 0 Å². The van der Waals surface area contributed by atoms with Gasteiger partial charge in [-0.05, 0) is 12.1 Å². The number of ether oxygens (including phenoxy) is 4. The molecule has 3 rings (SSSR count). The van der Waals surface area contributed by atoms with Crippen LogP contribution in [0.1, 0.15) is 0 Å². The Morgan fingerprint density at radius 3 is 2.67 bits per heavy atom. The van der Waals surface area contributed by atoms with Crippen molar-refractivity contribution in [1.29, 1.82) is 0 Å². The molecular formula is C13H16O8. The minimum absolute atomic E-state index is 0.0599. The van der Waals surface area contributed by atoms with Crippen molar-refractivity contribution in [2.24, 2.45) is 0 Å². The summed E-state index contributed by atoms with van der Waals surface area (Å²) in [5.74, 6) is 1.14. The summed E-state index contributed by atoms with van der Waals surface area (Å²) in [5.41, 5.74) is 0. The Labute approximate surface area is 120 Å². The topological polar surface area (TPSA) is 118 Å². The fourth-order valence-corrected chi connectivity index (χ4v) is 2.29. The standard InChI is InChI=1S/C13H16O8/c14-4-8-9(15)10(16)11(17)13(21-8)20-7-3-1-2-6-12(7)19-5-18-6/h1-3,8-11,13-17H,4-5H2. The molecule has 2 aliphatic heterocycles. The lowest BCUT2D eigenvalue weighted by molar-refractivity contribution is -0.277. The van der Waals surface area contributed by atoms with Gasteiger partial charge in [0.05, 0.1) is 6.61 Å². The Hall–Kier alpha value is -1.58. The predicted octanol–water partition coefficient (Wildman–Crippen LogP) is -1.41. The molecule has 0 saturated carbocycles. The molecule has 5 unspecified atom stereocenters. The lowest BCUT2D eigenvalue weighted by atomic mass is 9.99. The van der Waals surface area contributed by atoms with Gasteiger partial charge in [-0.15, -0.1) is 0 Å². The van der Waals surface area contributed by atoms with E-state index >= 15 is 0 Å². The van der Waals surface area contributed by atoms with Crippen LogP contribution in [-0.2, 0) is 4.74 Å². The van der Waals surface area contributed by atoms with E-state index in [1.54, 1.807) is 18.2 Å². The smallest absolute Gasteiger partial charge is 0.231 e. The van der Waals surface area contributed by atoms with E-state index in [0.29, 0.717) is 11.5 Å². The fourth-order valence-electron chi connectivity index (χ4n) is 2.29. The SMILES string of the molecule is OCC1OC(Oc2cccc3c2OCO3)C(O)C(O)C1O. The van der Waals surface area contributed by atoms with Gasteiger partial charge in [-0.1, -0.05) is 6.07 Å². The van der Waals surface area contributed by atoms with Crippen LogP contribution in [0.25, 0.3) is 0 Å². The van der Waals surface area contributed by atoms with Crippen LogP contribution in [0.4, 0.5) is 0 Å². The molecule has 1 aromatic carbocycles. The number of benzene rings is 1. The van der Waals surface area contributed by atoms with Gasteiger partial charge in [0.15, 0.2) is 11.5 Å². The van der Waals surface area contributed by atoms with Gasteiger partial charge in [-0.25, -0.2) is 0 Å². The Kier molecular flexibility index (Phi) is 3.87. The number of para-hydroxylation sites is 1. The molecule has 0 aromatic heterocycles. The third kappa shape index (κ3) is 2.52. The third-order valence-corrected chi connectivity index (χ3v) is 3.45. The van der Waals surface area contributed by atoms with Crippen molar-refractivity contribution in [2.75, 3.05) is 13.4 Å². The van der Waals surface area contributed by atoms with Gasteiger partial charge < -0.3 is 39.4 Å². The Bertz CT molecular complexity index is 505. The van der Waals surface area contributed by atoms with E-state index in [9.17, 15) is 15.3 Å². The largest absolute Gasteiger partial charge is 0.458 e. The van der Waals surface area contributed by atoms with Crippen molar-refractivity contribution >= 4 is 0 Å². The first-order chi connectivity index (χ1) is 10.1. The highest BCUT2D eigenvalue weighted by molar-refractivity contribution is 5.52. The number of hydrogen-bond acceptors (Lipinski definition) is 8. The second-order valence-electron chi connectivity index (χ2n) is 4.81. The molecular weight excluding hydrogens is 284 g/mol. The molecule has 2 heterocycles. The molecule has 0 amide bonds. The molecule has 0 bridgehead atoms. The highest BCUT2D eigenvalue weighted by atomic mass is 16.7. The molecule has 0 aliphatic carbocycles. The molecule has 1 saturated heterocycles. The lowest BCUT2D eigenvalue weighted by Gasteiger charge is -2.39. The fraction of sp³-hybridized carbons (Fsp3) is 0.538. The molecule has 8 heteroatoms. The molecule has 2 aliphatic rings. The number of rotatable bonds is 3. The van der Waals surface area contributed by atoms with Crippen LogP contribution in [0, 0.1) is 0 Å². The van der Waals surface area contributed by atoms with Crippen molar-refractivity contribution in [2.45, 2.75) is 30.7 Å². The van der Waals surface area contributed by atoms with Crippen molar-refractivity contribution in [1.82, 2.24) is 0 Å². The molecule has 4 N–H and O–H groups in total. The summed E-state index contributed by atoms with van der Waals surface area (Å²) in [5, 5.41) is 38.5. The van der Waals surface area contributed by atoms with Crippen LogP contribution in [0.3, 0.4) is 0 Å². The molecule has 5 atom stereocenters. The number of aliphatic hydroxyl groups is 4. The zero-order valence-electron chi connectivity index (χ0n) is 11.0. The van der Waals surface area contributed by atoms with E-state index in [1.165, 1.54) is 0 Å². The molecule has 0 spiro atoms. The normalized spacial score (nSPS) is 34.8. The molecule has 116 valence electrons. The zero-order valence-corrected chi connectivity index (χ0v) is 11.0. The first kappa shape index (κ1) is 14.4. The predicted molar refractivity (Wildman–Crippen MR) is 67.0 cm³/mol. The van der Waals surface area contributed by atoms with Gasteiger partial charge in [-0.3, -0.25) is 0 Å². The molecule has 1 fully saturated rings. The average Bonchev–Trinajstić information content (AvgIpc) is 2.97. The maximum absolute atomic E-state index is 9.92. The van der Waals surface area contributed by atoms with Crippen LogP contribution in [0.2, 0.25) is 0 Å². The second-order valence-corrected chi connectivity index (χ2v) is 4.81. The van der Waals surface area contributed by atoms with Gasteiger partial charge in [0.2, 0.25) is 18.8 Å². The second kappa shape index (κ2) is 5.66. The summed E-state index contributed by atoms with van der Waals surface area (Å²) < 4.78 is 21.2. The zero-order chi connectivity index (χ0) is 15.0. The van der Waals surface area contributed by atoms with Crippen molar-refractivity contribution in [3.05, 3.63) is 18.2 Å². The first-order valence-corrected chi connectivity index (χ1v) is 6.47. The third-order valence-electron chi connectivity index (χ3n) is 3.45. The van der Waals surface area contributed by atoms with Crippen LogP contribution in [0.5, 0.6) is 17.2 Å². The Balaban J connectivity index is 1.79. The molecule has 21 heavy (non-hydrogen) atoms. The Morgan fingerprint density at radius 1 is 1.10 bits per heavy atom. The molecule has 0 radical (unpaired) electrons. The summed E-state index contributed by atoms with van der Waals surface area (Å²) in [6.45, 7) is -0.457. The highest BCUT2D eigenvalue weighted by Crippen LogP contribution is 2.41. The minimum atomic E-state index is -1.49. The van der Waals surface area contributed by atoms with Gasteiger partial charge in [0.25, 0.3) is 0 Å². The Morgan fingerprint density at radius 2 is 1.90 bits per heavy atom. The quantitative estimate of drug-likeness (QED) is 0.538.